The zero-order chi connectivity index (χ0) is 10.8. The smallest absolute Gasteiger partial charge is 0.127 e. The van der Waals surface area contributed by atoms with E-state index in [1.165, 1.54) is 0 Å². The van der Waals surface area contributed by atoms with Gasteiger partial charge in [-0.2, -0.15) is 0 Å². The van der Waals surface area contributed by atoms with E-state index < -0.39 is 0 Å². The van der Waals surface area contributed by atoms with E-state index in [9.17, 15) is 5.11 Å². The topological polar surface area (TPSA) is 29.5 Å². The average molecular weight is 190 g/mol. The number of benzene rings is 1. The summed E-state index contributed by atoms with van der Waals surface area (Å²) >= 11 is 0. The number of terminal acetylenes is 1. The number of hydrogen-bond donors (Lipinski definition) is 1. The molecule has 0 aromatic heterocycles. The molecule has 0 amide bonds. The van der Waals surface area contributed by atoms with Crippen molar-refractivity contribution in [3.8, 4) is 23.8 Å². The number of phenols is 1. The van der Waals surface area contributed by atoms with Crippen LogP contribution in [0.15, 0.2) is 18.2 Å². The van der Waals surface area contributed by atoms with Crippen LogP contribution < -0.4 is 4.74 Å². The van der Waals surface area contributed by atoms with Crippen LogP contribution in [0.5, 0.6) is 11.5 Å². The summed E-state index contributed by atoms with van der Waals surface area (Å²) in [5, 5.41) is 9.28. The fourth-order valence-electron chi connectivity index (χ4n) is 1.27. The van der Waals surface area contributed by atoms with Gasteiger partial charge in [0.05, 0.1) is 12.5 Å². The van der Waals surface area contributed by atoms with Gasteiger partial charge in [-0.05, 0) is 19.9 Å². The van der Waals surface area contributed by atoms with Gasteiger partial charge in [-0.3, -0.25) is 0 Å². The van der Waals surface area contributed by atoms with Crippen LogP contribution >= 0.6 is 0 Å². The standard InChI is InChI=1S/C12H14O2/c1-5-12(2,3)10-7-6-9(13)8-11(10)14-4/h1,6-8,13H,2-4H3. The molecule has 0 aliphatic rings. The minimum Gasteiger partial charge on any atom is -0.508 e. The van der Waals surface area contributed by atoms with Gasteiger partial charge in [0.1, 0.15) is 11.5 Å². The highest BCUT2D eigenvalue weighted by atomic mass is 16.5. The van der Waals surface area contributed by atoms with Gasteiger partial charge in [-0.25, -0.2) is 0 Å². The van der Waals surface area contributed by atoms with E-state index in [1.54, 1.807) is 25.3 Å². The lowest BCUT2D eigenvalue weighted by atomic mass is 9.85. The highest BCUT2D eigenvalue weighted by molar-refractivity contribution is 5.47. The van der Waals surface area contributed by atoms with Crippen LogP contribution in [0.25, 0.3) is 0 Å². The maximum Gasteiger partial charge on any atom is 0.127 e. The highest BCUT2D eigenvalue weighted by Gasteiger charge is 2.21. The summed E-state index contributed by atoms with van der Waals surface area (Å²) in [7, 11) is 1.56. The van der Waals surface area contributed by atoms with Crippen molar-refractivity contribution < 1.29 is 9.84 Å². The van der Waals surface area contributed by atoms with Crippen molar-refractivity contribution in [1.82, 2.24) is 0 Å². The van der Waals surface area contributed by atoms with Crippen molar-refractivity contribution in [2.24, 2.45) is 0 Å². The van der Waals surface area contributed by atoms with E-state index in [0.29, 0.717) is 5.75 Å². The van der Waals surface area contributed by atoms with Crippen molar-refractivity contribution in [2.75, 3.05) is 7.11 Å². The zero-order valence-corrected chi connectivity index (χ0v) is 8.66. The Balaban J connectivity index is 3.29. The molecule has 0 aliphatic carbocycles. The van der Waals surface area contributed by atoms with E-state index in [0.717, 1.165) is 5.56 Å². The molecule has 0 bridgehead atoms. The molecule has 74 valence electrons. The normalized spacial score (nSPS) is 10.7. The predicted molar refractivity (Wildman–Crippen MR) is 56.5 cm³/mol. The first-order valence-corrected chi connectivity index (χ1v) is 4.36. The number of rotatable bonds is 2. The van der Waals surface area contributed by atoms with Gasteiger partial charge in [0.25, 0.3) is 0 Å². The average Bonchev–Trinajstić information content (AvgIpc) is 2.17. The molecule has 0 fully saturated rings. The number of hydrogen-bond acceptors (Lipinski definition) is 2. The van der Waals surface area contributed by atoms with Gasteiger partial charge in [-0.15, -0.1) is 6.42 Å². The summed E-state index contributed by atoms with van der Waals surface area (Å²) in [6.45, 7) is 3.86. The third kappa shape index (κ3) is 1.82. The lowest BCUT2D eigenvalue weighted by Crippen LogP contribution is -2.15. The van der Waals surface area contributed by atoms with Gasteiger partial charge < -0.3 is 9.84 Å². The van der Waals surface area contributed by atoms with Crippen LogP contribution in [0.1, 0.15) is 19.4 Å². The molecular formula is C12H14O2. The molecule has 0 saturated heterocycles. The van der Waals surface area contributed by atoms with Gasteiger partial charge in [-0.1, -0.05) is 12.0 Å². The summed E-state index contributed by atoms with van der Waals surface area (Å²) in [5.41, 5.74) is 0.513. The number of ether oxygens (including phenoxy) is 1. The SMILES string of the molecule is C#CC(C)(C)c1ccc(O)cc1OC. The number of aromatic hydroxyl groups is 1. The van der Waals surface area contributed by atoms with Crippen molar-refractivity contribution in [3.63, 3.8) is 0 Å². The van der Waals surface area contributed by atoms with Crippen LogP contribution in [0.2, 0.25) is 0 Å². The summed E-state index contributed by atoms with van der Waals surface area (Å²) in [6.07, 6.45) is 5.43. The molecule has 0 spiro atoms. The molecule has 0 unspecified atom stereocenters. The van der Waals surface area contributed by atoms with Gasteiger partial charge >= 0.3 is 0 Å². The summed E-state index contributed by atoms with van der Waals surface area (Å²) in [6, 6.07) is 4.96. The third-order valence-corrected chi connectivity index (χ3v) is 2.22. The molecule has 1 N–H and O–H groups in total. The minimum absolute atomic E-state index is 0.179. The van der Waals surface area contributed by atoms with Crippen molar-refractivity contribution in [3.05, 3.63) is 23.8 Å². The van der Waals surface area contributed by atoms with Crippen molar-refractivity contribution in [1.29, 1.82) is 0 Å². The second kappa shape index (κ2) is 3.63. The van der Waals surface area contributed by atoms with Crippen LogP contribution in [0, 0.1) is 12.3 Å². The highest BCUT2D eigenvalue weighted by Crippen LogP contribution is 2.33. The lowest BCUT2D eigenvalue weighted by Gasteiger charge is -2.20. The molecule has 1 rings (SSSR count). The molecule has 0 heterocycles. The van der Waals surface area contributed by atoms with Crippen LogP contribution in [-0.4, -0.2) is 12.2 Å². The molecule has 0 atom stereocenters. The molecule has 1 aromatic rings. The van der Waals surface area contributed by atoms with Gasteiger partial charge in [0.15, 0.2) is 0 Å². The number of methoxy groups -OCH3 is 1. The summed E-state index contributed by atoms with van der Waals surface area (Å²) in [5.74, 6) is 3.49. The maximum absolute atomic E-state index is 9.28. The van der Waals surface area contributed by atoms with E-state index in [1.807, 2.05) is 13.8 Å². The fraction of sp³-hybridized carbons (Fsp3) is 0.333. The molecule has 1 aromatic carbocycles. The molecule has 0 radical (unpaired) electrons. The zero-order valence-electron chi connectivity index (χ0n) is 8.66. The first kappa shape index (κ1) is 10.5. The maximum atomic E-state index is 9.28. The van der Waals surface area contributed by atoms with Crippen molar-refractivity contribution in [2.45, 2.75) is 19.3 Å². The largest absolute Gasteiger partial charge is 0.508 e. The fourth-order valence-corrected chi connectivity index (χ4v) is 1.27. The quantitative estimate of drug-likeness (QED) is 0.725. The molecule has 0 saturated carbocycles. The Kier molecular flexibility index (Phi) is 2.71. The summed E-state index contributed by atoms with van der Waals surface area (Å²) in [4.78, 5) is 0. The Morgan fingerprint density at radius 3 is 2.57 bits per heavy atom. The van der Waals surface area contributed by atoms with Crippen LogP contribution in [-0.2, 0) is 5.41 Å². The molecular weight excluding hydrogens is 176 g/mol. The Bertz CT molecular complexity index is 372. The Morgan fingerprint density at radius 2 is 2.07 bits per heavy atom. The van der Waals surface area contributed by atoms with E-state index in [4.69, 9.17) is 11.2 Å². The van der Waals surface area contributed by atoms with E-state index in [-0.39, 0.29) is 11.2 Å². The predicted octanol–water partition coefficient (Wildman–Crippen LogP) is 2.31. The third-order valence-electron chi connectivity index (χ3n) is 2.22. The second-order valence-corrected chi connectivity index (χ2v) is 3.65. The first-order chi connectivity index (χ1) is 6.51. The minimum atomic E-state index is -0.390. The summed E-state index contributed by atoms with van der Waals surface area (Å²) < 4.78 is 5.16. The van der Waals surface area contributed by atoms with Crippen LogP contribution in [0.3, 0.4) is 0 Å². The Morgan fingerprint density at radius 1 is 1.43 bits per heavy atom. The van der Waals surface area contributed by atoms with Gasteiger partial charge in [0, 0.05) is 11.6 Å². The Labute approximate surface area is 84.5 Å². The molecule has 2 heteroatoms. The van der Waals surface area contributed by atoms with E-state index >= 15 is 0 Å². The monoisotopic (exact) mass is 190 g/mol. The van der Waals surface area contributed by atoms with Crippen molar-refractivity contribution >= 4 is 0 Å². The molecule has 14 heavy (non-hydrogen) atoms. The molecule has 2 nitrogen and oxygen atoms in total. The lowest BCUT2D eigenvalue weighted by molar-refractivity contribution is 0.396. The van der Waals surface area contributed by atoms with E-state index in [2.05, 4.69) is 5.92 Å². The first-order valence-electron chi connectivity index (χ1n) is 4.36. The molecule has 0 aliphatic heterocycles. The van der Waals surface area contributed by atoms with Crippen LogP contribution in [0.4, 0.5) is 0 Å². The Hall–Kier alpha value is -1.62. The second-order valence-electron chi connectivity index (χ2n) is 3.65. The number of phenolic OH excluding ortho intramolecular Hbond substituents is 1. The van der Waals surface area contributed by atoms with Gasteiger partial charge in [0.2, 0.25) is 0 Å².